The summed E-state index contributed by atoms with van der Waals surface area (Å²) in [5.74, 6) is 0.894. The Labute approximate surface area is 116 Å². The third kappa shape index (κ3) is 6.57. The molecule has 0 aliphatic heterocycles. The molecule has 0 amide bonds. The lowest BCUT2D eigenvalue weighted by Crippen LogP contribution is -2.25. The van der Waals surface area contributed by atoms with Crippen LogP contribution in [0.4, 0.5) is 0 Å². The molecule has 0 bridgehead atoms. The highest BCUT2D eigenvalue weighted by atomic mass is 16.5. The Bertz CT molecular complexity index is 338. The largest absolute Gasteiger partial charge is 0.497 e. The van der Waals surface area contributed by atoms with Crippen LogP contribution in [0.1, 0.15) is 18.9 Å². The third-order valence-corrected chi connectivity index (χ3v) is 2.86. The van der Waals surface area contributed by atoms with Gasteiger partial charge in [-0.25, -0.2) is 0 Å². The number of nitrogens with one attached hydrogen (secondary N) is 1. The molecular weight excluding hydrogens is 242 g/mol. The zero-order valence-corrected chi connectivity index (χ0v) is 12.1. The van der Waals surface area contributed by atoms with Gasteiger partial charge in [-0.05, 0) is 37.6 Å². The van der Waals surface area contributed by atoms with Gasteiger partial charge in [0.15, 0.2) is 0 Å². The van der Waals surface area contributed by atoms with Gasteiger partial charge in [0.05, 0.1) is 19.8 Å². The van der Waals surface area contributed by atoms with E-state index in [1.165, 1.54) is 5.56 Å². The number of methoxy groups -OCH3 is 2. The van der Waals surface area contributed by atoms with Gasteiger partial charge in [-0.3, -0.25) is 0 Å². The SMILES string of the molecule is CCOC(CCNCc1cccc(OC)c1)COC. The van der Waals surface area contributed by atoms with Gasteiger partial charge in [-0.15, -0.1) is 0 Å². The Morgan fingerprint density at radius 1 is 1.26 bits per heavy atom. The second-order valence-corrected chi connectivity index (χ2v) is 4.35. The van der Waals surface area contributed by atoms with Crippen molar-refractivity contribution in [3.8, 4) is 5.75 Å². The second kappa shape index (κ2) is 9.78. The maximum atomic E-state index is 5.59. The lowest BCUT2D eigenvalue weighted by atomic mass is 10.2. The van der Waals surface area contributed by atoms with Gasteiger partial charge in [0.1, 0.15) is 5.75 Å². The van der Waals surface area contributed by atoms with E-state index in [4.69, 9.17) is 14.2 Å². The van der Waals surface area contributed by atoms with Crippen LogP contribution in [-0.2, 0) is 16.0 Å². The van der Waals surface area contributed by atoms with Gasteiger partial charge < -0.3 is 19.5 Å². The highest BCUT2D eigenvalue weighted by molar-refractivity contribution is 5.28. The fraction of sp³-hybridized carbons (Fsp3) is 0.600. The number of benzene rings is 1. The number of ether oxygens (including phenoxy) is 3. The predicted octanol–water partition coefficient (Wildman–Crippen LogP) is 2.23. The lowest BCUT2D eigenvalue weighted by Gasteiger charge is -2.16. The molecular formula is C15H25NO3. The molecule has 0 saturated heterocycles. The van der Waals surface area contributed by atoms with Crippen LogP contribution < -0.4 is 10.1 Å². The van der Waals surface area contributed by atoms with E-state index in [0.29, 0.717) is 6.61 Å². The molecule has 1 unspecified atom stereocenters. The molecule has 4 nitrogen and oxygen atoms in total. The van der Waals surface area contributed by atoms with E-state index in [9.17, 15) is 0 Å². The van der Waals surface area contributed by atoms with Crippen LogP contribution in [0.3, 0.4) is 0 Å². The molecule has 0 radical (unpaired) electrons. The maximum absolute atomic E-state index is 5.59. The van der Waals surface area contributed by atoms with Crippen LogP contribution in [0, 0.1) is 0 Å². The number of rotatable bonds is 10. The van der Waals surface area contributed by atoms with Crippen molar-refractivity contribution in [3.63, 3.8) is 0 Å². The first-order valence-electron chi connectivity index (χ1n) is 6.74. The van der Waals surface area contributed by atoms with Crippen molar-refractivity contribution < 1.29 is 14.2 Å². The molecule has 4 heteroatoms. The Kier molecular flexibility index (Phi) is 8.21. The zero-order chi connectivity index (χ0) is 13.9. The van der Waals surface area contributed by atoms with E-state index in [0.717, 1.165) is 31.9 Å². The second-order valence-electron chi connectivity index (χ2n) is 4.35. The molecule has 1 atom stereocenters. The maximum Gasteiger partial charge on any atom is 0.119 e. The number of hydrogen-bond acceptors (Lipinski definition) is 4. The fourth-order valence-electron chi connectivity index (χ4n) is 1.91. The van der Waals surface area contributed by atoms with Crippen molar-refractivity contribution in [2.45, 2.75) is 26.0 Å². The molecule has 0 aliphatic carbocycles. The summed E-state index contributed by atoms with van der Waals surface area (Å²) in [6.07, 6.45) is 1.12. The van der Waals surface area contributed by atoms with Crippen molar-refractivity contribution in [1.29, 1.82) is 0 Å². The zero-order valence-electron chi connectivity index (χ0n) is 12.1. The summed E-state index contributed by atoms with van der Waals surface area (Å²) in [5, 5.41) is 3.41. The average molecular weight is 267 g/mol. The van der Waals surface area contributed by atoms with Crippen LogP contribution in [-0.4, -0.2) is 40.1 Å². The molecule has 0 spiro atoms. The van der Waals surface area contributed by atoms with Crippen molar-refractivity contribution in [2.75, 3.05) is 34.0 Å². The van der Waals surface area contributed by atoms with Crippen molar-refractivity contribution in [3.05, 3.63) is 29.8 Å². The van der Waals surface area contributed by atoms with Gasteiger partial charge in [0.2, 0.25) is 0 Å². The minimum atomic E-state index is 0.174. The monoisotopic (exact) mass is 267 g/mol. The molecule has 0 aliphatic rings. The standard InChI is InChI=1S/C15H25NO3/c1-4-19-15(12-17-2)8-9-16-11-13-6-5-7-14(10-13)18-3/h5-7,10,15-16H,4,8-9,11-12H2,1-3H3. The Morgan fingerprint density at radius 2 is 2.11 bits per heavy atom. The molecule has 1 rings (SSSR count). The van der Waals surface area contributed by atoms with E-state index < -0.39 is 0 Å². The van der Waals surface area contributed by atoms with Gasteiger partial charge in [-0.1, -0.05) is 12.1 Å². The molecule has 1 N–H and O–H groups in total. The van der Waals surface area contributed by atoms with E-state index in [-0.39, 0.29) is 6.10 Å². The Hall–Kier alpha value is -1.10. The number of hydrogen-bond donors (Lipinski definition) is 1. The van der Waals surface area contributed by atoms with Gasteiger partial charge in [0.25, 0.3) is 0 Å². The summed E-state index contributed by atoms with van der Waals surface area (Å²) in [6, 6.07) is 8.09. The van der Waals surface area contributed by atoms with E-state index in [1.54, 1.807) is 14.2 Å². The first kappa shape index (κ1) is 16.0. The Balaban J connectivity index is 2.25. The van der Waals surface area contributed by atoms with Gasteiger partial charge in [0, 0.05) is 20.3 Å². The fourth-order valence-corrected chi connectivity index (χ4v) is 1.91. The van der Waals surface area contributed by atoms with Crippen LogP contribution in [0.15, 0.2) is 24.3 Å². The van der Waals surface area contributed by atoms with Crippen LogP contribution in [0.25, 0.3) is 0 Å². The molecule has 0 aromatic heterocycles. The van der Waals surface area contributed by atoms with Crippen molar-refractivity contribution in [2.24, 2.45) is 0 Å². The lowest BCUT2D eigenvalue weighted by molar-refractivity contribution is -0.0000249. The minimum Gasteiger partial charge on any atom is -0.497 e. The van der Waals surface area contributed by atoms with E-state index >= 15 is 0 Å². The minimum absolute atomic E-state index is 0.174. The molecule has 19 heavy (non-hydrogen) atoms. The molecule has 0 saturated carbocycles. The van der Waals surface area contributed by atoms with E-state index in [2.05, 4.69) is 11.4 Å². The highest BCUT2D eigenvalue weighted by Gasteiger charge is 2.07. The normalized spacial score (nSPS) is 12.4. The molecule has 1 aromatic carbocycles. The molecule has 108 valence electrons. The predicted molar refractivity (Wildman–Crippen MR) is 76.6 cm³/mol. The first-order chi connectivity index (χ1) is 9.30. The summed E-state index contributed by atoms with van der Waals surface area (Å²) < 4.78 is 15.9. The summed E-state index contributed by atoms with van der Waals surface area (Å²) in [6.45, 7) is 5.12. The molecule has 0 fully saturated rings. The highest BCUT2D eigenvalue weighted by Crippen LogP contribution is 2.12. The summed E-state index contributed by atoms with van der Waals surface area (Å²) in [4.78, 5) is 0. The smallest absolute Gasteiger partial charge is 0.119 e. The topological polar surface area (TPSA) is 39.7 Å². The van der Waals surface area contributed by atoms with E-state index in [1.807, 2.05) is 25.1 Å². The average Bonchev–Trinajstić information content (AvgIpc) is 2.44. The molecule has 1 aromatic rings. The van der Waals surface area contributed by atoms with Crippen LogP contribution in [0.2, 0.25) is 0 Å². The quantitative estimate of drug-likeness (QED) is 0.660. The van der Waals surface area contributed by atoms with Gasteiger partial charge in [-0.2, -0.15) is 0 Å². The molecule has 0 heterocycles. The third-order valence-electron chi connectivity index (χ3n) is 2.86. The Morgan fingerprint density at radius 3 is 2.79 bits per heavy atom. The van der Waals surface area contributed by atoms with Crippen LogP contribution in [0.5, 0.6) is 5.75 Å². The summed E-state index contributed by atoms with van der Waals surface area (Å²) in [7, 11) is 3.39. The van der Waals surface area contributed by atoms with Crippen LogP contribution >= 0.6 is 0 Å². The summed E-state index contributed by atoms with van der Waals surface area (Å²) in [5.41, 5.74) is 1.22. The van der Waals surface area contributed by atoms with Gasteiger partial charge >= 0.3 is 0 Å². The summed E-state index contributed by atoms with van der Waals surface area (Å²) >= 11 is 0. The first-order valence-corrected chi connectivity index (χ1v) is 6.74. The van der Waals surface area contributed by atoms with Crippen molar-refractivity contribution in [1.82, 2.24) is 5.32 Å². The van der Waals surface area contributed by atoms with Crippen molar-refractivity contribution >= 4 is 0 Å².